The first-order valence-electron chi connectivity index (χ1n) is 39.1. The average molecular weight is 3060 g/mol. The molecule has 652 valence electrons. The fourth-order valence-corrected chi connectivity index (χ4v) is 12.1. The minimum absolute atomic E-state index is 0. The third-order valence-corrected chi connectivity index (χ3v) is 18.2. The van der Waals surface area contributed by atoms with E-state index in [1.165, 1.54) is 55.6 Å². The number of pyridine rings is 8. The van der Waals surface area contributed by atoms with Crippen molar-refractivity contribution in [3.05, 3.63) is 483 Å². The van der Waals surface area contributed by atoms with Gasteiger partial charge in [0.2, 0.25) is 0 Å². The van der Waals surface area contributed by atoms with Crippen molar-refractivity contribution in [2.45, 2.75) is 67.7 Å². The molecule has 0 amide bonds. The first-order valence-corrected chi connectivity index (χ1v) is 39.1. The van der Waals surface area contributed by atoms with E-state index in [1.54, 1.807) is 24.8 Å². The number of hydrogen-bond donors (Lipinski definition) is 0. The van der Waals surface area contributed by atoms with Gasteiger partial charge in [-0.3, -0.25) is 0 Å². The van der Waals surface area contributed by atoms with E-state index in [-0.39, 0.29) is 166 Å². The Kier molecular flexibility index (Phi) is 53.1. The van der Waals surface area contributed by atoms with Gasteiger partial charge in [0.1, 0.15) is 0 Å². The summed E-state index contributed by atoms with van der Waals surface area (Å²) in [5, 5.41) is 0. The minimum atomic E-state index is 0. The van der Waals surface area contributed by atoms with Gasteiger partial charge in [0.25, 0.3) is 0 Å². The number of aromatic nitrogens is 8. The monoisotopic (exact) mass is 3070 g/mol. The molecule has 18 rings (SSSR count). The van der Waals surface area contributed by atoms with Crippen molar-refractivity contribution in [1.29, 1.82) is 0 Å². The summed E-state index contributed by atoms with van der Waals surface area (Å²) in [6, 6.07) is 140. The maximum Gasteiger partial charge on any atom is 0.0166 e. The molecule has 0 saturated heterocycles. The van der Waals surface area contributed by atoms with Crippen LogP contribution < -0.4 is 0 Å². The number of aryl methyl sites for hydroxylation is 6. The molecule has 8 aromatic heterocycles. The summed E-state index contributed by atoms with van der Waals surface area (Å²) in [4.78, 5) is 34.5. The van der Waals surface area contributed by atoms with E-state index >= 15 is 0 Å². The Bertz CT molecular complexity index is 5730. The van der Waals surface area contributed by atoms with Crippen LogP contribution in [0.2, 0.25) is 0 Å². The molecule has 8 heterocycles. The summed E-state index contributed by atoms with van der Waals surface area (Å²) < 4.78 is 0. The van der Waals surface area contributed by atoms with Gasteiger partial charge in [-0.05, 0) is 124 Å². The molecule has 0 N–H and O–H groups in total. The smallest absolute Gasteiger partial charge is 0.0166 e. The zero-order chi connectivity index (χ0) is 82.4. The molecule has 16 heteroatoms. The van der Waals surface area contributed by atoms with Crippen LogP contribution in [-0.4, -0.2) is 39.9 Å². The van der Waals surface area contributed by atoms with Gasteiger partial charge >= 0.3 is 0 Å². The normalized spacial score (nSPS) is 9.60. The third-order valence-electron chi connectivity index (χ3n) is 18.2. The van der Waals surface area contributed by atoms with Crippen molar-refractivity contribution in [3.63, 3.8) is 0 Å². The average Bonchev–Trinajstić information content (AvgIpc) is 0.847. The van der Waals surface area contributed by atoms with Gasteiger partial charge in [-0.2, -0.15) is 0 Å². The molecule has 8 radical (unpaired) electrons. The Morgan fingerprint density at radius 2 is 0.643 bits per heavy atom. The van der Waals surface area contributed by atoms with Crippen LogP contribution in [0.4, 0.5) is 0 Å². The zero-order valence-electron chi connectivity index (χ0n) is 70.8. The predicted octanol–water partition coefficient (Wildman–Crippen LogP) is 26.9. The van der Waals surface area contributed by atoms with Crippen molar-refractivity contribution in [2.24, 2.45) is 0 Å². The van der Waals surface area contributed by atoms with Crippen molar-refractivity contribution in [1.82, 2.24) is 39.9 Å². The maximum absolute atomic E-state index is 4.40. The second kappa shape index (κ2) is 60.4. The second-order valence-electron chi connectivity index (χ2n) is 28.4. The van der Waals surface area contributed by atoms with Gasteiger partial charge in [0.15, 0.2) is 0 Å². The molecule has 0 aliphatic carbocycles. The van der Waals surface area contributed by atoms with Gasteiger partial charge in [-0.15, -0.1) is 279 Å². The molecule has 0 atom stereocenters. The summed E-state index contributed by atoms with van der Waals surface area (Å²) >= 11 is 0. The van der Waals surface area contributed by atoms with Gasteiger partial charge in [0.05, 0.1) is 0 Å². The molecule has 10 aromatic carbocycles. The van der Waals surface area contributed by atoms with E-state index in [2.05, 4.69) is 242 Å². The van der Waals surface area contributed by atoms with Gasteiger partial charge in [-0.25, -0.2) is 0 Å². The zero-order valence-corrected chi connectivity index (χ0v) is 89.9. The molecular formula is C110H92Ir8N8-8. The summed E-state index contributed by atoms with van der Waals surface area (Å²) in [7, 11) is 0. The van der Waals surface area contributed by atoms with E-state index in [1.807, 2.05) is 280 Å². The van der Waals surface area contributed by atoms with Crippen LogP contribution in [0.1, 0.15) is 59.7 Å². The van der Waals surface area contributed by atoms with Crippen LogP contribution in [-0.2, 0) is 166 Å². The van der Waals surface area contributed by atoms with Crippen molar-refractivity contribution in [3.8, 4) is 112 Å². The molecule has 0 bridgehead atoms. The predicted molar refractivity (Wildman–Crippen MR) is 486 cm³/mol. The quantitative estimate of drug-likeness (QED) is 0.125. The summed E-state index contributed by atoms with van der Waals surface area (Å²) in [5.41, 5.74) is 29.8. The molecule has 0 spiro atoms. The van der Waals surface area contributed by atoms with Gasteiger partial charge in [0, 0.05) is 210 Å². The fourth-order valence-electron chi connectivity index (χ4n) is 12.1. The molecule has 18 aromatic rings. The van der Waals surface area contributed by atoms with Crippen LogP contribution in [0, 0.1) is 90.1 Å². The Labute approximate surface area is 854 Å². The Morgan fingerprint density at radius 1 is 0.222 bits per heavy atom. The second-order valence-corrected chi connectivity index (χ2v) is 28.4. The van der Waals surface area contributed by atoms with E-state index in [9.17, 15) is 0 Å². The van der Waals surface area contributed by atoms with Crippen molar-refractivity contribution >= 4 is 0 Å². The third kappa shape index (κ3) is 36.7. The minimum Gasteiger partial charge on any atom is -0.305 e. The van der Waals surface area contributed by atoms with E-state index in [0.29, 0.717) is 0 Å². The Balaban J connectivity index is 0.000000369. The molecule has 8 nitrogen and oxygen atoms in total. The van der Waals surface area contributed by atoms with E-state index in [4.69, 9.17) is 0 Å². The number of rotatable bonds is 10. The molecule has 0 aliphatic heterocycles. The van der Waals surface area contributed by atoms with E-state index in [0.717, 1.165) is 95.6 Å². The Morgan fingerprint density at radius 3 is 1.10 bits per heavy atom. The van der Waals surface area contributed by atoms with Gasteiger partial charge in [-0.1, -0.05) is 210 Å². The van der Waals surface area contributed by atoms with Crippen LogP contribution in [0.5, 0.6) is 0 Å². The maximum atomic E-state index is 4.40. The van der Waals surface area contributed by atoms with Crippen LogP contribution >= 0.6 is 0 Å². The largest absolute Gasteiger partial charge is 0.305 e. The van der Waals surface area contributed by atoms with Crippen LogP contribution in [0.3, 0.4) is 0 Å². The molecule has 0 aliphatic rings. The van der Waals surface area contributed by atoms with Crippen LogP contribution in [0.25, 0.3) is 112 Å². The SMILES string of the molecule is CC(C)(C)c1cc[c-]c(-c2ccccn2)c1.Cc1[c-]c(-c2ccccn2)cc(C)c1.Cc1c[c-]c(-c2ccccn2)cc1.Cc1ccc[c-]c1-c1ccccn1.Cc1cccnc1-c1[c-]cccc1.Cc1ccnc(-c2[c-]cccc2)c1.[Ir].[Ir].[Ir].[Ir].[Ir].[Ir].[Ir].[Ir].[c-]1cc(-c2ccccc2)ccc1-c1ccccn1.[c-]1ccccc1-c1cc(-c2ccccc2)ccn1. The van der Waals surface area contributed by atoms with Crippen molar-refractivity contribution in [2.75, 3.05) is 0 Å². The van der Waals surface area contributed by atoms with Gasteiger partial charge < -0.3 is 39.9 Å². The molecule has 126 heavy (non-hydrogen) atoms. The summed E-state index contributed by atoms with van der Waals surface area (Å²) in [6.07, 6.45) is 14.5. The van der Waals surface area contributed by atoms with Crippen molar-refractivity contribution < 1.29 is 161 Å². The first kappa shape index (κ1) is 111. The summed E-state index contributed by atoms with van der Waals surface area (Å²) in [6.45, 7) is 19.0. The first-order chi connectivity index (χ1) is 57.7. The van der Waals surface area contributed by atoms with E-state index < -0.39 is 0 Å². The number of hydrogen-bond acceptors (Lipinski definition) is 8. The summed E-state index contributed by atoms with van der Waals surface area (Å²) in [5.74, 6) is 0. The topological polar surface area (TPSA) is 103 Å². The molecule has 0 fully saturated rings. The molecule has 0 unspecified atom stereocenters. The number of benzene rings is 10. The fraction of sp³-hybridized carbons (Fsp3) is 0.0909. The standard InChI is InChI=1S/2C17H12N.C15H16N.C13H12N.4C12H10N.8Ir/c1-3-7-14(8-4-1)16-11-12-18-17(13-16)15-9-5-2-6-10-15;1-2-6-14(7-3-1)15-9-11-16(12-10-15)17-8-4-5-13-18-17;1-15(2,3)13-8-6-7-12(11-13)14-9-4-5-10-16-14;1-10-7-11(2)9-12(8-10)13-5-3-4-6-14-13;1-10-6-2-3-7-11(10)12-8-4-5-9-13-12;1-10-5-7-11(8-6-10)12-4-2-3-9-13-12;1-10-6-5-9-13-12(10)11-7-3-2-4-8-11;1-10-7-8-13-12(9-10)11-5-3-2-4-6-11;;;;;;;;/h1-9,11-13H;1-11,13H;4-6,8-11H,1-3H3;3-8H,1-2H3;2-6,8-9H,1H3;2*2-7,9H,1H3;2-5,7-9H,1H3;;;;;;;;/q8*-1;;;;;;;;. The number of nitrogens with zero attached hydrogens (tertiary/aromatic N) is 8. The Hall–Kier alpha value is -9.41. The molecular weight excluding hydrogens is 2970 g/mol. The molecule has 0 saturated carbocycles. The van der Waals surface area contributed by atoms with Crippen LogP contribution in [0.15, 0.2) is 395 Å².